The average molecular weight is 1120 g/mol. The zero-order valence-corrected chi connectivity index (χ0v) is 44.6. The van der Waals surface area contributed by atoms with Crippen LogP contribution in [0, 0.1) is 0 Å². The van der Waals surface area contributed by atoms with Crippen molar-refractivity contribution >= 4 is 120 Å². The molecule has 0 aliphatic rings. The Balaban J connectivity index is 0.000000408. The Morgan fingerprint density at radius 2 is 0.871 bits per heavy atom. The van der Waals surface area contributed by atoms with Crippen molar-refractivity contribution in [2.24, 2.45) is 0 Å². The maximum absolute atomic E-state index is 8.85. The molecule has 6 aromatic rings. The number of benzene rings is 6. The summed E-state index contributed by atoms with van der Waals surface area (Å²) in [6, 6.07) is 21.3. The molecule has 0 saturated carbocycles. The van der Waals surface area contributed by atoms with Crippen molar-refractivity contribution in [1.29, 1.82) is 0 Å². The van der Waals surface area contributed by atoms with Gasteiger partial charge in [0.05, 0.1) is 39.5 Å². The zero-order valence-electron chi connectivity index (χ0n) is 46.7. The summed E-state index contributed by atoms with van der Waals surface area (Å²) in [7, 11) is 0. The predicted octanol–water partition coefficient (Wildman–Crippen LogP) is 20.7. The lowest BCUT2D eigenvalue weighted by atomic mass is 9.86. The summed E-state index contributed by atoms with van der Waals surface area (Å²) < 4.78 is 84.2. The molecular formula is C53H65BrCl4IN2P. The lowest BCUT2D eigenvalue weighted by molar-refractivity contribution is 0.590. The number of hydrogen-bond donors (Lipinski definition) is 1. The monoisotopic (exact) mass is 1120 g/mol. The number of nitrogens with zero attached hydrogens (tertiary/aromatic N) is 1. The summed E-state index contributed by atoms with van der Waals surface area (Å²) in [5.41, 5.74) is 3.92. The van der Waals surface area contributed by atoms with Gasteiger partial charge < -0.3 is 10.2 Å². The van der Waals surface area contributed by atoms with E-state index in [0.717, 1.165) is 11.3 Å². The van der Waals surface area contributed by atoms with Crippen molar-refractivity contribution in [2.45, 2.75) is 112 Å². The van der Waals surface area contributed by atoms with Crippen molar-refractivity contribution in [3.05, 3.63) is 180 Å². The third-order valence-electron chi connectivity index (χ3n) is 8.92. The van der Waals surface area contributed by atoms with Crippen LogP contribution < -0.4 is 10.2 Å². The largest absolute Gasteiger partial charge is 0.356 e. The maximum atomic E-state index is 8.85. The normalized spacial score (nSPS) is 13.6. The molecule has 2 nitrogen and oxygen atoms in total. The Kier molecular flexibility index (Phi) is 16.1. The van der Waals surface area contributed by atoms with Crippen LogP contribution in [0.5, 0.6) is 0 Å². The van der Waals surface area contributed by atoms with Crippen molar-refractivity contribution in [3.63, 3.8) is 0 Å². The highest BCUT2D eigenvalue weighted by Gasteiger charge is 2.21. The van der Waals surface area contributed by atoms with E-state index in [0.29, 0.717) is 43.1 Å². The van der Waals surface area contributed by atoms with E-state index < -0.39 is 10.8 Å². The summed E-state index contributed by atoms with van der Waals surface area (Å²) >= 11 is 29.4. The summed E-state index contributed by atoms with van der Waals surface area (Å²) in [6.45, 7) is 26.4. The summed E-state index contributed by atoms with van der Waals surface area (Å²) in [5.74, 6) is 0. The molecule has 0 radical (unpaired) electrons. The van der Waals surface area contributed by atoms with E-state index in [9.17, 15) is 0 Å². The minimum atomic E-state index is -0.584. The average Bonchev–Trinajstić information content (AvgIpc) is 3.25. The first-order valence-electron chi connectivity index (χ1n) is 24.3. The van der Waals surface area contributed by atoms with E-state index >= 15 is 0 Å². The molecule has 0 saturated heterocycles. The van der Waals surface area contributed by atoms with Gasteiger partial charge in [0, 0.05) is 27.2 Å². The standard InChI is InChI=1S/C26H29Cl2N.C20H27N.C6H3BrCl2.CH4.H2IP/c1-25(2,3)18-10-14-20(15-11-18)29(23-9-7-8-22(27)24(23)28)21-16-12-19(13-17-21)26(4,5)6;1-19(2,3)15-7-11-17(12-8-15)21-18-13-9-16(10-14-18)20(4,5)6;7-4-2-1-3-5(8)6(4)9;;1-2/h7-17H,1-6H3;7-14,21H,1-6H3;1-3H;1H4;2H2/i7D,10D,11D,14D,15D;7D,8D,11D,12D;1D;;. The molecule has 6 rings (SSSR count). The highest BCUT2D eigenvalue weighted by molar-refractivity contribution is 14.2. The van der Waals surface area contributed by atoms with Gasteiger partial charge in [-0.3, -0.25) is 0 Å². The molecule has 1 atom stereocenters. The highest BCUT2D eigenvalue weighted by atomic mass is 127. The number of hydrogen-bond acceptors (Lipinski definition) is 2. The van der Waals surface area contributed by atoms with E-state index in [4.69, 9.17) is 60.1 Å². The summed E-state index contributed by atoms with van der Waals surface area (Å²) in [4.78, 5) is 1.56. The van der Waals surface area contributed by atoms with Crippen LogP contribution in [0.2, 0.25) is 20.1 Å². The second-order valence-corrected chi connectivity index (χ2v) is 20.5. The third kappa shape index (κ3) is 16.6. The molecule has 0 aromatic heterocycles. The van der Waals surface area contributed by atoms with Gasteiger partial charge in [0.2, 0.25) is 0 Å². The molecule has 0 aliphatic carbocycles. The molecule has 0 spiro atoms. The number of anilines is 5. The first-order valence-corrected chi connectivity index (χ1v) is 25.8. The zero-order chi connectivity index (χ0) is 54.6. The molecule has 0 fully saturated rings. The maximum Gasteiger partial charge on any atom is 0.0832 e. The van der Waals surface area contributed by atoms with Crippen LogP contribution in [0.25, 0.3) is 0 Å². The minimum Gasteiger partial charge on any atom is -0.356 e. The fraction of sp³-hybridized carbons (Fsp3) is 0.321. The lowest BCUT2D eigenvalue weighted by Gasteiger charge is -2.28. The topological polar surface area (TPSA) is 15.3 Å². The van der Waals surface area contributed by atoms with Gasteiger partial charge in [0.25, 0.3) is 0 Å². The molecule has 0 bridgehead atoms. The second kappa shape index (κ2) is 24.3. The highest BCUT2D eigenvalue weighted by Crippen LogP contribution is 2.42. The van der Waals surface area contributed by atoms with Crippen molar-refractivity contribution in [1.82, 2.24) is 0 Å². The van der Waals surface area contributed by atoms with E-state index in [1.54, 1.807) is 11.0 Å². The molecule has 1 unspecified atom stereocenters. The van der Waals surface area contributed by atoms with Gasteiger partial charge in [0.15, 0.2) is 0 Å². The molecule has 9 heteroatoms. The van der Waals surface area contributed by atoms with E-state index in [-0.39, 0.29) is 94.1 Å². The van der Waals surface area contributed by atoms with E-state index in [1.807, 2.05) is 90.1 Å². The molecule has 0 amide bonds. The van der Waals surface area contributed by atoms with Crippen LogP contribution in [0.4, 0.5) is 28.4 Å². The van der Waals surface area contributed by atoms with Crippen LogP contribution in [0.1, 0.15) is 126 Å². The fourth-order valence-corrected chi connectivity index (χ4v) is 6.36. The van der Waals surface area contributed by atoms with Crippen molar-refractivity contribution in [3.8, 4) is 0 Å². The summed E-state index contributed by atoms with van der Waals surface area (Å²) in [6.07, 6.45) is 0. The first kappa shape index (κ1) is 41.2. The molecular weight excluding hydrogens is 1040 g/mol. The molecule has 334 valence electrons. The van der Waals surface area contributed by atoms with Gasteiger partial charge in [-0.25, -0.2) is 0 Å². The van der Waals surface area contributed by atoms with E-state index in [1.165, 1.54) is 23.8 Å². The number of halogens is 6. The van der Waals surface area contributed by atoms with Crippen LogP contribution in [0.15, 0.2) is 138 Å². The molecule has 1 N–H and O–H groups in total. The van der Waals surface area contributed by atoms with Gasteiger partial charge in [-0.2, -0.15) is 0 Å². The fourth-order valence-electron chi connectivity index (χ4n) is 5.27. The van der Waals surface area contributed by atoms with Crippen molar-refractivity contribution < 1.29 is 13.7 Å². The second-order valence-electron chi connectivity index (χ2n) is 18.0. The van der Waals surface area contributed by atoms with E-state index in [2.05, 4.69) is 91.7 Å². The molecule has 0 heterocycles. The quantitative estimate of drug-likeness (QED) is 0.105. The Morgan fingerprint density at radius 1 is 0.484 bits per heavy atom. The third-order valence-corrected chi connectivity index (χ3v) is 11.4. The van der Waals surface area contributed by atoms with Gasteiger partial charge in [-0.05, 0) is 133 Å². The SMILES string of the molecule is C.PI.[2H]c1c([2H])c(C(C)(C)C)c([2H])c([2H])c1Nc1ccc(C(C)(C)C)cc1.[2H]c1cc(Cl)c(Cl)c(Br)c1.[2H]c1cc(Cl)c(Cl)c(N(c2ccc(C(C)(C)C)cc2)c2c([2H])c([2H])c(C(C)(C)C)c([2H])c2[2H])c1. The predicted molar refractivity (Wildman–Crippen MR) is 297 cm³/mol. The van der Waals surface area contributed by atoms with Gasteiger partial charge in [-0.15, -0.1) is 0 Å². The van der Waals surface area contributed by atoms with Gasteiger partial charge in [0.1, 0.15) is 0 Å². The van der Waals surface area contributed by atoms with Crippen molar-refractivity contribution in [2.75, 3.05) is 10.2 Å². The van der Waals surface area contributed by atoms with Gasteiger partial charge in [-0.1, -0.05) is 226 Å². The number of rotatable bonds is 5. The molecule has 6 aromatic carbocycles. The lowest BCUT2D eigenvalue weighted by Crippen LogP contribution is -2.14. The Labute approximate surface area is 432 Å². The Morgan fingerprint density at radius 3 is 1.29 bits per heavy atom. The minimum absolute atomic E-state index is 0. The summed E-state index contributed by atoms with van der Waals surface area (Å²) in [5, 5.41) is 4.25. The van der Waals surface area contributed by atoms with Crippen LogP contribution in [0.3, 0.4) is 0 Å². The molecule has 62 heavy (non-hydrogen) atoms. The first-order chi connectivity index (χ1) is 32.5. The van der Waals surface area contributed by atoms with Gasteiger partial charge >= 0.3 is 0 Å². The van der Waals surface area contributed by atoms with Crippen LogP contribution >= 0.6 is 91.3 Å². The number of nitrogens with one attached hydrogen (secondary N) is 1. The smallest absolute Gasteiger partial charge is 0.0832 e. The van der Waals surface area contributed by atoms with Crippen LogP contribution in [-0.2, 0) is 21.7 Å². The Hall–Kier alpha value is -2.28. The Bertz CT molecular complexity index is 2780. The molecule has 0 aliphatic heterocycles. The van der Waals surface area contributed by atoms with Crippen LogP contribution in [-0.4, -0.2) is 0 Å².